The maximum atomic E-state index is 11.8. The highest BCUT2D eigenvalue weighted by Gasteiger charge is 2.29. The maximum Gasteiger partial charge on any atom is 0.326 e. The Balaban J connectivity index is 2.47. The van der Waals surface area contributed by atoms with Gasteiger partial charge >= 0.3 is 12.0 Å². The van der Waals surface area contributed by atoms with E-state index < -0.39 is 18.0 Å². The van der Waals surface area contributed by atoms with Crippen LogP contribution in [-0.2, 0) is 4.79 Å². The third-order valence-corrected chi connectivity index (χ3v) is 4.04. The molecule has 0 aromatic carbocycles. The van der Waals surface area contributed by atoms with E-state index in [0.717, 1.165) is 12.8 Å². The summed E-state index contributed by atoms with van der Waals surface area (Å²) in [5.74, 6) is -0.179. The van der Waals surface area contributed by atoms with Crippen molar-refractivity contribution in [3.05, 3.63) is 0 Å². The van der Waals surface area contributed by atoms with E-state index in [-0.39, 0.29) is 19.1 Å². The fourth-order valence-corrected chi connectivity index (χ4v) is 2.54. The smallest absolute Gasteiger partial charge is 0.326 e. The highest BCUT2D eigenvalue weighted by atomic mass is 16.4. The zero-order valence-electron chi connectivity index (χ0n) is 11.6. The summed E-state index contributed by atoms with van der Waals surface area (Å²) in [6.07, 6.45) is 3.19. The molecule has 19 heavy (non-hydrogen) atoms. The SMILES string of the molecule is CC1CCCC(NC(=O)N[C@H](CCO)C(=O)O)C1C. The van der Waals surface area contributed by atoms with Crippen molar-refractivity contribution < 1.29 is 19.8 Å². The third kappa shape index (κ3) is 4.70. The molecule has 1 saturated carbocycles. The zero-order valence-corrected chi connectivity index (χ0v) is 11.6. The molecule has 0 aromatic heterocycles. The number of aliphatic hydroxyl groups is 1. The number of nitrogens with one attached hydrogen (secondary N) is 2. The molecule has 0 radical (unpaired) electrons. The van der Waals surface area contributed by atoms with E-state index >= 15 is 0 Å². The lowest BCUT2D eigenvalue weighted by atomic mass is 9.78. The molecule has 4 atom stereocenters. The second-order valence-electron chi connectivity index (χ2n) is 5.39. The van der Waals surface area contributed by atoms with Gasteiger partial charge in [-0.3, -0.25) is 0 Å². The van der Waals surface area contributed by atoms with Crippen LogP contribution in [0.15, 0.2) is 0 Å². The largest absolute Gasteiger partial charge is 0.480 e. The Bertz CT molecular complexity index is 322. The number of carboxylic acids is 1. The van der Waals surface area contributed by atoms with Gasteiger partial charge in [-0.2, -0.15) is 0 Å². The van der Waals surface area contributed by atoms with Gasteiger partial charge in [0, 0.05) is 19.1 Å². The third-order valence-electron chi connectivity index (χ3n) is 4.04. The summed E-state index contributed by atoms with van der Waals surface area (Å²) in [5.41, 5.74) is 0. The lowest BCUT2D eigenvalue weighted by molar-refractivity contribution is -0.139. The minimum Gasteiger partial charge on any atom is -0.480 e. The Morgan fingerprint density at radius 1 is 1.32 bits per heavy atom. The number of urea groups is 1. The fraction of sp³-hybridized carbons (Fsp3) is 0.846. The molecule has 1 fully saturated rings. The van der Waals surface area contributed by atoms with Crippen LogP contribution < -0.4 is 10.6 Å². The summed E-state index contributed by atoms with van der Waals surface area (Å²) in [7, 11) is 0. The van der Waals surface area contributed by atoms with Crippen LogP contribution in [0.3, 0.4) is 0 Å². The van der Waals surface area contributed by atoms with Crippen molar-refractivity contribution in [2.45, 2.75) is 51.6 Å². The van der Waals surface area contributed by atoms with Crippen molar-refractivity contribution in [1.82, 2.24) is 10.6 Å². The summed E-state index contributed by atoms with van der Waals surface area (Å²) in [4.78, 5) is 22.7. The van der Waals surface area contributed by atoms with Crippen molar-refractivity contribution in [3.8, 4) is 0 Å². The van der Waals surface area contributed by atoms with Crippen LogP contribution in [0.1, 0.15) is 39.5 Å². The second-order valence-corrected chi connectivity index (χ2v) is 5.39. The molecule has 0 spiro atoms. The average Bonchev–Trinajstić information content (AvgIpc) is 2.34. The number of aliphatic hydroxyl groups excluding tert-OH is 1. The lowest BCUT2D eigenvalue weighted by Crippen LogP contribution is -2.52. The van der Waals surface area contributed by atoms with Gasteiger partial charge in [-0.1, -0.05) is 26.7 Å². The molecule has 0 heterocycles. The molecule has 1 aliphatic rings. The molecular formula is C13H24N2O4. The predicted octanol–water partition coefficient (Wildman–Crippen LogP) is 0.946. The van der Waals surface area contributed by atoms with E-state index in [1.165, 1.54) is 6.42 Å². The van der Waals surface area contributed by atoms with Crippen LogP contribution >= 0.6 is 0 Å². The van der Waals surface area contributed by atoms with Crippen molar-refractivity contribution in [1.29, 1.82) is 0 Å². The molecular weight excluding hydrogens is 248 g/mol. The van der Waals surface area contributed by atoms with Crippen LogP contribution in [0.2, 0.25) is 0 Å². The molecule has 6 nitrogen and oxygen atoms in total. The number of rotatable bonds is 5. The van der Waals surface area contributed by atoms with Gasteiger partial charge in [0.25, 0.3) is 0 Å². The van der Waals surface area contributed by atoms with Crippen molar-refractivity contribution in [2.75, 3.05) is 6.61 Å². The minimum absolute atomic E-state index is 0.0133. The molecule has 4 N–H and O–H groups in total. The van der Waals surface area contributed by atoms with Gasteiger partial charge in [0.05, 0.1) is 0 Å². The number of carbonyl (C=O) groups excluding carboxylic acids is 1. The summed E-state index contributed by atoms with van der Waals surface area (Å²) in [5, 5.41) is 22.9. The molecule has 1 rings (SSSR count). The summed E-state index contributed by atoms with van der Waals surface area (Å²) in [6, 6.07) is -1.42. The van der Waals surface area contributed by atoms with Crippen molar-refractivity contribution in [3.63, 3.8) is 0 Å². The van der Waals surface area contributed by atoms with Gasteiger partial charge in [0.1, 0.15) is 6.04 Å². The number of amides is 2. The number of carboxylic acid groups (broad SMARTS) is 1. The lowest BCUT2D eigenvalue weighted by Gasteiger charge is -2.34. The molecule has 3 unspecified atom stereocenters. The Labute approximate surface area is 113 Å². The normalized spacial score (nSPS) is 28.5. The number of hydrogen-bond acceptors (Lipinski definition) is 3. The first kappa shape index (κ1) is 15.8. The molecule has 0 bridgehead atoms. The first-order valence-corrected chi connectivity index (χ1v) is 6.86. The summed E-state index contributed by atoms with van der Waals surface area (Å²) >= 11 is 0. The molecule has 0 saturated heterocycles. The highest BCUT2D eigenvalue weighted by Crippen LogP contribution is 2.29. The van der Waals surface area contributed by atoms with Gasteiger partial charge in [-0.05, 0) is 18.3 Å². The van der Waals surface area contributed by atoms with Crippen molar-refractivity contribution >= 4 is 12.0 Å². The van der Waals surface area contributed by atoms with E-state index in [2.05, 4.69) is 24.5 Å². The predicted molar refractivity (Wildman–Crippen MR) is 70.8 cm³/mol. The van der Waals surface area contributed by atoms with Gasteiger partial charge in [-0.25, -0.2) is 9.59 Å². The molecule has 1 aliphatic carbocycles. The van der Waals surface area contributed by atoms with E-state index in [1.54, 1.807) is 0 Å². The molecule has 0 aliphatic heterocycles. The molecule has 110 valence electrons. The van der Waals surface area contributed by atoms with Gasteiger partial charge in [-0.15, -0.1) is 0 Å². The fourth-order valence-electron chi connectivity index (χ4n) is 2.54. The standard InChI is InChI=1S/C13H24N2O4/c1-8-4-3-5-10(9(8)2)14-13(19)15-11(6-7-16)12(17)18/h8-11,16H,3-7H2,1-2H3,(H,17,18)(H2,14,15,19)/t8?,9?,10?,11-/m1/s1. The summed E-state index contributed by atoms with van der Waals surface area (Å²) < 4.78 is 0. The topological polar surface area (TPSA) is 98.7 Å². The first-order chi connectivity index (χ1) is 8.95. The monoisotopic (exact) mass is 272 g/mol. The number of carbonyl (C=O) groups is 2. The number of hydrogen-bond donors (Lipinski definition) is 4. The Morgan fingerprint density at radius 2 is 2.00 bits per heavy atom. The van der Waals surface area contributed by atoms with Crippen LogP contribution in [0.25, 0.3) is 0 Å². The van der Waals surface area contributed by atoms with Gasteiger partial charge in [0.2, 0.25) is 0 Å². The van der Waals surface area contributed by atoms with Crippen LogP contribution in [0.4, 0.5) is 4.79 Å². The Kier molecular flexibility index (Phi) is 6.08. The Hall–Kier alpha value is -1.30. The van der Waals surface area contributed by atoms with Crippen LogP contribution in [0.5, 0.6) is 0 Å². The second kappa shape index (κ2) is 7.33. The zero-order chi connectivity index (χ0) is 14.4. The Morgan fingerprint density at radius 3 is 2.58 bits per heavy atom. The highest BCUT2D eigenvalue weighted by molar-refractivity contribution is 5.82. The maximum absolute atomic E-state index is 11.8. The van der Waals surface area contributed by atoms with Gasteiger partial charge < -0.3 is 20.8 Å². The van der Waals surface area contributed by atoms with Crippen LogP contribution in [0, 0.1) is 11.8 Å². The number of aliphatic carboxylic acids is 1. The van der Waals surface area contributed by atoms with E-state index in [9.17, 15) is 9.59 Å². The van der Waals surface area contributed by atoms with Crippen LogP contribution in [-0.4, -0.2) is 40.9 Å². The molecule has 6 heteroatoms. The molecule has 2 amide bonds. The van der Waals surface area contributed by atoms with Crippen molar-refractivity contribution in [2.24, 2.45) is 11.8 Å². The minimum atomic E-state index is -1.13. The van der Waals surface area contributed by atoms with Gasteiger partial charge in [0.15, 0.2) is 0 Å². The summed E-state index contributed by atoms with van der Waals surface area (Å²) in [6.45, 7) is 4.01. The quantitative estimate of drug-likeness (QED) is 0.598. The van der Waals surface area contributed by atoms with E-state index in [4.69, 9.17) is 10.2 Å². The average molecular weight is 272 g/mol. The first-order valence-electron chi connectivity index (χ1n) is 6.86. The molecule has 0 aromatic rings. The van der Waals surface area contributed by atoms with E-state index in [1.807, 2.05) is 0 Å². The van der Waals surface area contributed by atoms with E-state index in [0.29, 0.717) is 11.8 Å².